The number of hydrogen-bond donors (Lipinski definition) is 0. The number of rotatable bonds is 2. The van der Waals surface area contributed by atoms with E-state index in [0.717, 1.165) is 75.0 Å². The Hall–Kier alpha value is -6.04. The van der Waals surface area contributed by atoms with E-state index in [2.05, 4.69) is 180 Å². The zero-order valence-corrected chi connectivity index (χ0v) is 33.5. The Balaban J connectivity index is 1.24. The van der Waals surface area contributed by atoms with Gasteiger partial charge in [-0.15, -0.1) is 0 Å². The summed E-state index contributed by atoms with van der Waals surface area (Å²) in [6.45, 7) is 14.8. The quantitative estimate of drug-likeness (QED) is 0.128. The van der Waals surface area contributed by atoms with Crippen LogP contribution in [-0.4, -0.2) is 12.6 Å². The summed E-state index contributed by atoms with van der Waals surface area (Å²) < 4.78 is 14.6. The molecule has 0 saturated carbocycles. The number of allylic oxidation sites excluding steroid dienone is 1. The standard InChI is InChI=1S/C51H45N3OSi/c1-32-28-45-39-17-9-8-16-38(39)40-26-23-35-24-27-42-41-18-10-13-21-47(41)55-50(42)49(35)51-53(33(2)29-46(40)52(45)31-48(32)56(3,4)5)43-19-11-12-20-44(43)54(51)37-25-22-34-14-6-7-15-36(34)30-37/h6-22,24-25,27-28,30-31,40,46H,2,23,26,29H2,1,3-5H3/q+2. The smallest absolute Gasteiger partial charge is 0.304 e. The van der Waals surface area contributed by atoms with E-state index in [1.54, 1.807) is 0 Å². The second-order valence-corrected chi connectivity index (χ2v) is 22.1. The number of hydrogen-bond acceptors (Lipinski definition) is 1. The van der Waals surface area contributed by atoms with E-state index in [-0.39, 0.29) is 6.04 Å². The maximum Gasteiger partial charge on any atom is 0.304 e. The number of pyridine rings is 1. The van der Waals surface area contributed by atoms with Crippen molar-refractivity contribution < 1.29 is 13.6 Å². The van der Waals surface area contributed by atoms with Gasteiger partial charge in [-0.05, 0) is 83.6 Å². The molecule has 2 atom stereocenters. The van der Waals surface area contributed by atoms with Crippen molar-refractivity contribution in [1.82, 2.24) is 4.57 Å². The van der Waals surface area contributed by atoms with Crippen LogP contribution in [0.5, 0.6) is 0 Å². The molecule has 56 heavy (non-hydrogen) atoms. The highest BCUT2D eigenvalue weighted by atomic mass is 28.3. The molecule has 5 heteroatoms. The fourth-order valence-corrected chi connectivity index (χ4v) is 12.0. The molecule has 0 amide bonds. The highest BCUT2D eigenvalue weighted by Crippen LogP contribution is 2.47. The molecule has 0 spiro atoms. The van der Waals surface area contributed by atoms with Crippen molar-refractivity contribution in [2.75, 3.05) is 0 Å². The zero-order chi connectivity index (χ0) is 37.9. The van der Waals surface area contributed by atoms with Crippen LogP contribution in [0.2, 0.25) is 19.6 Å². The summed E-state index contributed by atoms with van der Waals surface area (Å²) in [5.41, 5.74) is 14.3. The fraction of sp³-hybridized carbons (Fsp3) is 0.176. The lowest BCUT2D eigenvalue weighted by molar-refractivity contribution is -0.716. The van der Waals surface area contributed by atoms with E-state index in [4.69, 9.17) is 11.0 Å². The normalized spacial score (nSPS) is 16.8. The van der Waals surface area contributed by atoms with E-state index in [0.29, 0.717) is 5.92 Å². The molecule has 0 saturated heterocycles. The molecule has 2 aliphatic heterocycles. The summed E-state index contributed by atoms with van der Waals surface area (Å²) in [5.74, 6) is 1.39. The first-order valence-corrected chi connectivity index (χ1v) is 23.6. The Morgan fingerprint density at radius 1 is 0.768 bits per heavy atom. The van der Waals surface area contributed by atoms with Crippen molar-refractivity contribution in [3.8, 4) is 28.3 Å². The Kier molecular flexibility index (Phi) is 7.27. The van der Waals surface area contributed by atoms with Gasteiger partial charge in [-0.25, -0.2) is 0 Å². The number of benzene rings is 6. The van der Waals surface area contributed by atoms with Crippen LogP contribution in [0.4, 0.5) is 0 Å². The van der Waals surface area contributed by atoms with Gasteiger partial charge in [0, 0.05) is 33.5 Å². The van der Waals surface area contributed by atoms with Crippen molar-refractivity contribution >= 4 is 62.7 Å². The van der Waals surface area contributed by atoms with Gasteiger partial charge >= 0.3 is 5.82 Å². The van der Waals surface area contributed by atoms with Gasteiger partial charge in [-0.1, -0.05) is 117 Å². The van der Waals surface area contributed by atoms with E-state index < -0.39 is 8.07 Å². The predicted octanol–water partition coefficient (Wildman–Crippen LogP) is 11.6. The largest absolute Gasteiger partial charge is 0.455 e. The maximum absolute atomic E-state index is 6.98. The van der Waals surface area contributed by atoms with E-state index in [1.807, 2.05) is 0 Å². The van der Waals surface area contributed by atoms with Crippen LogP contribution in [0.1, 0.15) is 41.5 Å². The first-order chi connectivity index (χ1) is 27.2. The van der Waals surface area contributed by atoms with E-state index >= 15 is 0 Å². The first-order valence-electron chi connectivity index (χ1n) is 20.1. The van der Waals surface area contributed by atoms with Gasteiger partial charge in [-0.2, -0.15) is 13.7 Å². The van der Waals surface area contributed by atoms with Crippen LogP contribution in [-0.2, 0) is 6.42 Å². The minimum Gasteiger partial charge on any atom is -0.455 e. The molecule has 9 aromatic rings. The topological polar surface area (TPSA) is 25.8 Å². The molecule has 2 unspecified atom stereocenters. The third-order valence-corrected chi connectivity index (χ3v) is 14.9. The minimum atomic E-state index is -1.64. The van der Waals surface area contributed by atoms with Gasteiger partial charge in [-0.3, -0.25) is 0 Å². The lowest BCUT2D eigenvalue weighted by Gasteiger charge is -2.33. The van der Waals surface area contributed by atoms with Crippen LogP contribution in [0.3, 0.4) is 0 Å². The van der Waals surface area contributed by atoms with Gasteiger partial charge in [0.2, 0.25) is 5.69 Å². The average Bonchev–Trinajstić information content (AvgIpc) is 3.75. The van der Waals surface area contributed by atoms with E-state index in [1.165, 1.54) is 43.9 Å². The van der Waals surface area contributed by atoms with Gasteiger partial charge < -0.3 is 4.42 Å². The third kappa shape index (κ3) is 4.90. The molecular weight excluding hydrogens is 699 g/mol. The summed E-state index contributed by atoms with van der Waals surface area (Å²) in [6, 6.07) is 49.4. The van der Waals surface area contributed by atoms with Gasteiger partial charge in [0.15, 0.2) is 28.9 Å². The van der Waals surface area contributed by atoms with Crippen molar-refractivity contribution in [3.63, 3.8) is 0 Å². The molecular formula is C51H45N3OSi+2. The number of nitrogens with zero attached hydrogens (tertiary/aromatic N) is 3. The minimum absolute atomic E-state index is 0.197. The number of aromatic nitrogens is 3. The maximum atomic E-state index is 6.98. The second-order valence-electron chi connectivity index (χ2n) is 17.1. The number of aryl methyl sites for hydroxylation is 2. The van der Waals surface area contributed by atoms with Gasteiger partial charge in [0.05, 0.1) is 14.5 Å². The molecule has 0 fully saturated rings. The monoisotopic (exact) mass is 743 g/mol. The molecule has 11 rings (SSSR count). The van der Waals surface area contributed by atoms with Crippen molar-refractivity contribution in [2.24, 2.45) is 0 Å². The molecule has 6 aromatic carbocycles. The Morgan fingerprint density at radius 3 is 2.41 bits per heavy atom. The molecule has 3 aromatic heterocycles. The molecule has 2 aliphatic rings. The Morgan fingerprint density at radius 2 is 1.54 bits per heavy atom. The number of para-hydroxylation sites is 3. The fourth-order valence-electron chi connectivity index (χ4n) is 10.2. The lowest BCUT2D eigenvalue weighted by Crippen LogP contribution is -2.53. The summed E-state index contributed by atoms with van der Waals surface area (Å²) in [7, 11) is -1.64. The zero-order valence-electron chi connectivity index (χ0n) is 32.5. The molecule has 0 aliphatic carbocycles. The highest BCUT2D eigenvalue weighted by Gasteiger charge is 2.44. The first kappa shape index (κ1) is 33.3. The molecule has 0 N–H and O–H groups in total. The van der Waals surface area contributed by atoms with Crippen LogP contribution >= 0.6 is 0 Å². The second kappa shape index (κ2) is 12.2. The molecule has 272 valence electrons. The number of furan rings is 1. The number of fused-ring (bicyclic) bond motifs is 16. The Bertz CT molecular complexity index is 3100. The molecule has 5 heterocycles. The Labute approximate surface area is 328 Å². The summed E-state index contributed by atoms with van der Waals surface area (Å²) in [4.78, 5) is 0. The number of imidazole rings is 1. The molecule has 4 nitrogen and oxygen atoms in total. The molecule has 0 radical (unpaired) electrons. The summed E-state index contributed by atoms with van der Waals surface area (Å²) in [5, 5.41) is 6.26. The summed E-state index contributed by atoms with van der Waals surface area (Å²) in [6.07, 6.45) is 5.26. The highest BCUT2D eigenvalue weighted by molar-refractivity contribution is 6.88. The van der Waals surface area contributed by atoms with Crippen LogP contribution in [0.15, 0.2) is 151 Å². The van der Waals surface area contributed by atoms with Gasteiger partial charge in [0.25, 0.3) is 0 Å². The van der Waals surface area contributed by atoms with Crippen molar-refractivity contribution in [2.45, 2.75) is 57.8 Å². The summed E-state index contributed by atoms with van der Waals surface area (Å²) >= 11 is 0. The van der Waals surface area contributed by atoms with Crippen LogP contribution < -0.4 is 14.3 Å². The average molecular weight is 744 g/mol. The molecule has 0 bridgehead atoms. The van der Waals surface area contributed by atoms with E-state index in [9.17, 15) is 0 Å². The van der Waals surface area contributed by atoms with Crippen molar-refractivity contribution in [1.29, 1.82) is 0 Å². The van der Waals surface area contributed by atoms with Crippen LogP contribution in [0, 0.1) is 6.92 Å². The lowest BCUT2D eigenvalue weighted by atomic mass is 9.77. The third-order valence-electron chi connectivity index (χ3n) is 12.7. The predicted molar refractivity (Wildman–Crippen MR) is 234 cm³/mol. The van der Waals surface area contributed by atoms with Crippen molar-refractivity contribution in [3.05, 3.63) is 163 Å². The van der Waals surface area contributed by atoms with Gasteiger partial charge in [0.1, 0.15) is 22.5 Å². The van der Waals surface area contributed by atoms with Crippen LogP contribution in [0.25, 0.3) is 77.8 Å². The SMILES string of the molecule is C=C1CC2C(CCc3ccc4c(oc5ccccc54)c3-c3n1c1ccccc1[n+]3-c1ccc3ccccc3c1)c1ccccc1-c1cc(C)c([Si](C)(C)C)c[n+]12.